The molecule has 0 radical (unpaired) electrons. The molecule has 1 aliphatic heterocycles. The number of aliphatic hydroxyl groups excluding tert-OH is 1. The van der Waals surface area contributed by atoms with Crippen molar-refractivity contribution in [1.82, 2.24) is 58.1 Å². The number of hydrogen-bond acceptors (Lipinski definition) is 12. The summed E-state index contributed by atoms with van der Waals surface area (Å²) in [5, 5.41) is 38.8. The average molecular weight is 1100 g/mol. The van der Waals surface area contributed by atoms with Crippen LogP contribution in [-0.2, 0) is 47.9 Å². The Morgan fingerprint density at radius 2 is 1.10 bits per heavy atom. The van der Waals surface area contributed by atoms with Gasteiger partial charge in [0, 0.05) is 32.1 Å². The normalized spacial score (nSPS) is 17.8. The molecule has 1 saturated heterocycles. The van der Waals surface area contributed by atoms with E-state index in [1.807, 2.05) is 75.3 Å². The van der Waals surface area contributed by atoms with E-state index >= 15 is 0 Å². The molecule has 78 heavy (non-hydrogen) atoms. The summed E-state index contributed by atoms with van der Waals surface area (Å²) < 4.78 is 0. The second kappa shape index (κ2) is 31.8. The van der Waals surface area contributed by atoms with Crippen molar-refractivity contribution in [3.8, 4) is 0 Å². The maximum atomic E-state index is 14.2. The highest BCUT2D eigenvalue weighted by atomic mass is 16.3. The van der Waals surface area contributed by atoms with Gasteiger partial charge in [-0.3, -0.25) is 47.9 Å². The van der Waals surface area contributed by atoms with Gasteiger partial charge in [-0.2, -0.15) is 0 Å². The second-order valence-electron chi connectivity index (χ2n) is 24.7. The number of nitrogens with zero attached hydrogens (tertiary/aromatic N) is 1. The van der Waals surface area contributed by atoms with Crippen LogP contribution in [0.3, 0.4) is 0 Å². The SMILES string of the molecule is CC[C@H](C)/C=C/C(=O)N1C[C@H](C)CC1C(=O)NC(CC(C)C)C(=O)NC(C(=O)NC(C)(C)C(=O)NC(CC(C)C)C(=O)NC(CC(C)C)C(=O)NC(C)(C)C(=O)NC(C)(C)C(=O)NCCC(=O)NC(C)CNC)C(O)C(C)C. The Morgan fingerprint density at radius 3 is 1.62 bits per heavy atom. The summed E-state index contributed by atoms with van der Waals surface area (Å²) in [4.78, 5) is 138. The standard InChI is InChI=1S/C56H101N11O11/c1-20-35(10)21-22-43(69)67-30-36(11)28-41(67)49(74)61-38(25-31(2)3)47(72)63-44(45(70)34(8)9)50(75)65-55(15,16)52(77)62-39(26-32(4)5)46(71)60-40(27-33(6)7)48(73)64-56(17,18)53(78)66-54(13,14)51(76)58-24-23-42(68)59-37(12)29-57-19/h21-22,31-41,44-45,57,70H,20,23-30H2,1-19H3,(H,58,76)(H,59,68)(H,60,71)(H,61,74)(H,62,77)(H,63,72)(H,64,73)(H,65,75)(H,66,78)/b22-21+/t35-,36+,37?,38?,39?,40?,41?,44?,45?/m0/s1. The molecule has 0 saturated carbocycles. The molecule has 10 amide bonds. The first-order valence-corrected chi connectivity index (χ1v) is 28.0. The highest BCUT2D eigenvalue weighted by molar-refractivity contribution is 6.00. The molecule has 0 aromatic heterocycles. The third-order valence-corrected chi connectivity index (χ3v) is 13.5. The minimum absolute atomic E-state index is 0.0163. The van der Waals surface area contributed by atoms with E-state index in [0.29, 0.717) is 19.5 Å². The van der Waals surface area contributed by atoms with E-state index in [2.05, 4.69) is 53.2 Å². The molecule has 22 nitrogen and oxygen atoms in total. The lowest BCUT2D eigenvalue weighted by atomic mass is 9.95. The number of carbonyl (C=O) groups is 10. The van der Waals surface area contributed by atoms with Gasteiger partial charge in [0.05, 0.1) is 6.10 Å². The maximum absolute atomic E-state index is 14.2. The molecule has 9 atom stereocenters. The van der Waals surface area contributed by atoms with Crippen LogP contribution in [-0.4, -0.2) is 155 Å². The lowest BCUT2D eigenvalue weighted by Crippen LogP contribution is -2.66. The number of likely N-dealkylation sites (N-methyl/N-ethyl adjacent to an activating group) is 1. The molecule has 0 bridgehead atoms. The quantitative estimate of drug-likeness (QED) is 0.0430. The van der Waals surface area contributed by atoms with Crippen LogP contribution < -0.4 is 53.2 Å². The molecule has 0 aromatic rings. The van der Waals surface area contributed by atoms with Crippen molar-refractivity contribution in [3.05, 3.63) is 12.2 Å². The van der Waals surface area contributed by atoms with Crippen molar-refractivity contribution < 1.29 is 53.1 Å². The fourth-order valence-electron chi connectivity index (χ4n) is 8.55. The lowest BCUT2D eigenvalue weighted by Gasteiger charge is -2.34. The van der Waals surface area contributed by atoms with Gasteiger partial charge in [-0.05, 0) is 123 Å². The van der Waals surface area contributed by atoms with Crippen LogP contribution in [0.15, 0.2) is 12.2 Å². The Balaban J connectivity index is 3.29. The molecule has 0 spiro atoms. The van der Waals surface area contributed by atoms with Gasteiger partial charge in [0.15, 0.2) is 0 Å². The number of likely N-dealkylation sites (tertiary alicyclic amines) is 1. The summed E-state index contributed by atoms with van der Waals surface area (Å²) in [5.74, 6) is -7.01. The smallest absolute Gasteiger partial charge is 0.246 e. The monoisotopic (exact) mass is 1100 g/mol. The molecule has 1 fully saturated rings. The molecule has 11 N–H and O–H groups in total. The third kappa shape index (κ3) is 23.8. The highest BCUT2D eigenvalue weighted by Crippen LogP contribution is 2.25. The Labute approximate surface area is 465 Å². The van der Waals surface area contributed by atoms with Crippen LogP contribution in [0.1, 0.15) is 163 Å². The lowest BCUT2D eigenvalue weighted by molar-refractivity contribution is -0.140. The number of allylic oxidation sites excluding steroid dienone is 1. The predicted octanol–water partition coefficient (Wildman–Crippen LogP) is 1.83. The van der Waals surface area contributed by atoms with E-state index in [4.69, 9.17) is 0 Å². The zero-order chi connectivity index (χ0) is 60.2. The Morgan fingerprint density at radius 1 is 0.615 bits per heavy atom. The minimum atomic E-state index is -1.76. The van der Waals surface area contributed by atoms with E-state index in [0.717, 1.165) is 6.42 Å². The van der Waals surface area contributed by atoms with Gasteiger partial charge in [-0.25, -0.2) is 0 Å². The zero-order valence-corrected chi connectivity index (χ0v) is 50.5. The van der Waals surface area contributed by atoms with Crippen LogP contribution in [0.25, 0.3) is 0 Å². The van der Waals surface area contributed by atoms with Gasteiger partial charge in [0.2, 0.25) is 59.1 Å². The Kier molecular flexibility index (Phi) is 28.7. The second-order valence-corrected chi connectivity index (χ2v) is 24.7. The predicted molar refractivity (Wildman–Crippen MR) is 301 cm³/mol. The minimum Gasteiger partial charge on any atom is -0.390 e. The molecule has 1 rings (SSSR count). The summed E-state index contributed by atoms with van der Waals surface area (Å²) in [7, 11) is 1.77. The van der Waals surface area contributed by atoms with Crippen LogP contribution in [0, 0.1) is 35.5 Å². The van der Waals surface area contributed by atoms with E-state index in [-0.39, 0.29) is 79.7 Å². The van der Waals surface area contributed by atoms with Crippen LogP contribution in [0.5, 0.6) is 0 Å². The van der Waals surface area contributed by atoms with Crippen molar-refractivity contribution >= 4 is 59.1 Å². The Bertz CT molecular complexity index is 2090. The van der Waals surface area contributed by atoms with Gasteiger partial charge < -0.3 is 63.2 Å². The van der Waals surface area contributed by atoms with Crippen LogP contribution in [0.2, 0.25) is 0 Å². The molecule has 22 heteroatoms. The van der Waals surface area contributed by atoms with Gasteiger partial charge in [-0.1, -0.05) is 88.7 Å². The van der Waals surface area contributed by atoms with E-state index in [1.54, 1.807) is 20.9 Å². The molecule has 0 aliphatic carbocycles. The maximum Gasteiger partial charge on any atom is 0.246 e. The molecular weight excluding hydrogens is 1000 g/mol. The largest absolute Gasteiger partial charge is 0.390 e. The van der Waals surface area contributed by atoms with Crippen LogP contribution >= 0.6 is 0 Å². The van der Waals surface area contributed by atoms with E-state index in [9.17, 15) is 53.1 Å². The summed E-state index contributed by atoms with van der Waals surface area (Å²) in [6.07, 6.45) is 3.48. The zero-order valence-electron chi connectivity index (χ0n) is 50.5. The number of amides is 10. The molecular formula is C56H101N11O11. The summed E-state index contributed by atoms with van der Waals surface area (Å²) in [6, 6.07) is -6.12. The fraction of sp³-hybridized carbons (Fsp3) is 0.786. The molecule has 1 heterocycles. The fourth-order valence-corrected chi connectivity index (χ4v) is 8.55. The van der Waals surface area contributed by atoms with Crippen molar-refractivity contribution in [2.24, 2.45) is 35.5 Å². The summed E-state index contributed by atoms with van der Waals surface area (Å²) in [6.45, 7) is 31.7. The topological polar surface area (TPSA) is 314 Å². The Hall–Kier alpha value is -5.64. The van der Waals surface area contributed by atoms with E-state index in [1.165, 1.54) is 52.5 Å². The number of carbonyl (C=O) groups excluding carboxylic acids is 10. The first kappa shape index (κ1) is 70.4. The van der Waals surface area contributed by atoms with Crippen molar-refractivity contribution in [2.75, 3.05) is 26.7 Å². The number of nitrogens with one attached hydrogen (secondary N) is 10. The molecule has 0 aromatic carbocycles. The van der Waals surface area contributed by atoms with Crippen LogP contribution in [0.4, 0.5) is 0 Å². The van der Waals surface area contributed by atoms with Gasteiger partial charge in [-0.15, -0.1) is 0 Å². The molecule has 7 unspecified atom stereocenters. The van der Waals surface area contributed by atoms with E-state index < -0.39 is 106 Å². The van der Waals surface area contributed by atoms with Gasteiger partial charge in [0.25, 0.3) is 0 Å². The van der Waals surface area contributed by atoms with Gasteiger partial charge >= 0.3 is 0 Å². The van der Waals surface area contributed by atoms with Crippen molar-refractivity contribution in [2.45, 2.75) is 222 Å². The number of rotatable bonds is 32. The van der Waals surface area contributed by atoms with Crippen molar-refractivity contribution in [3.63, 3.8) is 0 Å². The van der Waals surface area contributed by atoms with Crippen molar-refractivity contribution in [1.29, 1.82) is 0 Å². The third-order valence-electron chi connectivity index (χ3n) is 13.5. The average Bonchev–Trinajstić information content (AvgIpc) is 3.71. The number of hydrogen-bond donors (Lipinski definition) is 11. The molecule has 1 aliphatic rings. The first-order valence-electron chi connectivity index (χ1n) is 28.0. The number of aliphatic hydroxyl groups is 1. The van der Waals surface area contributed by atoms with Gasteiger partial charge in [0.1, 0.15) is 46.8 Å². The first-order chi connectivity index (χ1) is 35.9. The summed E-state index contributed by atoms with van der Waals surface area (Å²) in [5.41, 5.74) is -4.81. The summed E-state index contributed by atoms with van der Waals surface area (Å²) >= 11 is 0. The highest BCUT2D eigenvalue weighted by Gasteiger charge is 2.43. The molecule has 446 valence electrons.